The van der Waals surface area contributed by atoms with E-state index < -0.39 is 11.4 Å². The average molecular weight is 287 g/mol. The Morgan fingerprint density at radius 2 is 2.19 bits per heavy atom. The zero-order valence-corrected chi connectivity index (χ0v) is 10.5. The molecule has 0 aromatic heterocycles. The molecular formula is C12H12BrFO2. The zero-order chi connectivity index (χ0) is 11.9. The maximum atomic E-state index is 14.0. The van der Waals surface area contributed by atoms with Gasteiger partial charge >= 0.3 is 5.97 Å². The first kappa shape index (κ1) is 11.6. The van der Waals surface area contributed by atoms with Crippen molar-refractivity contribution in [3.8, 4) is 0 Å². The molecule has 0 atom stereocenters. The summed E-state index contributed by atoms with van der Waals surface area (Å²) in [6.07, 6.45) is 1.53. The van der Waals surface area contributed by atoms with Crippen molar-refractivity contribution in [1.82, 2.24) is 0 Å². The second-order valence-electron chi connectivity index (χ2n) is 4.44. The van der Waals surface area contributed by atoms with Gasteiger partial charge in [-0.2, -0.15) is 0 Å². The Hall–Kier alpha value is -0.900. The molecule has 2 nitrogen and oxygen atoms in total. The van der Waals surface area contributed by atoms with Crippen LogP contribution >= 0.6 is 15.9 Å². The molecule has 1 saturated carbocycles. The van der Waals surface area contributed by atoms with Crippen LogP contribution in [0.1, 0.15) is 30.4 Å². The lowest BCUT2D eigenvalue weighted by atomic mass is 9.91. The SMILES string of the molecule is Cc1cc(Br)cc(C2(CC(=O)O)CC2)c1F. The van der Waals surface area contributed by atoms with Gasteiger partial charge in [-0.1, -0.05) is 15.9 Å². The van der Waals surface area contributed by atoms with Gasteiger partial charge in [-0.05, 0) is 43.0 Å². The van der Waals surface area contributed by atoms with E-state index in [-0.39, 0.29) is 12.2 Å². The minimum Gasteiger partial charge on any atom is -0.481 e. The number of halogens is 2. The van der Waals surface area contributed by atoms with E-state index in [2.05, 4.69) is 15.9 Å². The van der Waals surface area contributed by atoms with E-state index in [4.69, 9.17) is 5.11 Å². The predicted molar refractivity (Wildman–Crippen MR) is 62.0 cm³/mol. The normalized spacial score (nSPS) is 17.2. The van der Waals surface area contributed by atoms with Gasteiger partial charge in [-0.3, -0.25) is 4.79 Å². The lowest BCUT2D eigenvalue weighted by Crippen LogP contribution is -2.15. The smallest absolute Gasteiger partial charge is 0.304 e. The summed E-state index contributed by atoms with van der Waals surface area (Å²) in [6, 6.07) is 3.41. The molecule has 0 heterocycles. The highest BCUT2D eigenvalue weighted by molar-refractivity contribution is 9.10. The Kier molecular flexibility index (Phi) is 2.78. The molecule has 1 N–H and O–H groups in total. The van der Waals surface area contributed by atoms with Gasteiger partial charge in [0, 0.05) is 9.89 Å². The monoisotopic (exact) mass is 286 g/mol. The largest absolute Gasteiger partial charge is 0.481 e. The van der Waals surface area contributed by atoms with Gasteiger partial charge < -0.3 is 5.11 Å². The maximum Gasteiger partial charge on any atom is 0.304 e. The van der Waals surface area contributed by atoms with Crippen molar-refractivity contribution in [3.05, 3.63) is 33.5 Å². The summed E-state index contributed by atoms with van der Waals surface area (Å²) >= 11 is 3.32. The molecule has 0 spiro atoms. The van der Waals surface area contributed by atoms with Crippen molar-refractivity contribution in [1.29, 1.82) is 0 Å². The van der Waals surface area contributed by atoms with Crippen LogP contribution in [0.3, 0.4) is 0 Å². The van der Waals surface area contributed by atoms with Crippen LogP contribution in [0.2, 0.25) is 0 Å². The fraction of sp³-hybridized carbons (Fsp3) is 0.417. The standard InChI is InChI=1S/C12H12BrFO2/c1-7-4-8(13)5-9(11(7)14)12(2-3-12)6-10(15)16/h4-5H,2-3,6H2,1H3,(H,15,16). The zero-order valence-electron chi connectivity index (χ0n) is 8.89. The van der Waals surface area contributed by atoms with Gasteiger partial charge in [-0.15, -0.1) is 0 Å². The summed E-state index contributed by atoms with van der Waals surface area (Å²) in [6.45, 7) is 1.69. The molecule has 0 radical (unpaired) electrons. The molecule has 0 unspecified atom stereocenters. The van der Waals surface area contributed by atoms with Crippen molar-refractivity contribution < 1.29 is 14.3 Å². The fourth-order valence-corrected chi connectivity index (χ4v) is 2.67. The summed E-state index contributed by atoms with van der Waals surface area (Å²) in [7, 11) is 0. The Morgan fingerprint density at radius 3 is 2.69 bits per heavy atom. The number of aliphatic carboxylic acids is 1. The molecule has 1 aliphatic rings. The lowest BCUT2D eigenvalue weighted by molar-refractivity contribution is -0.137. The van der Waals surface area contributed by atoms with Gasteiger partial charge in [-0.25, -0.2) is 4.39 Å². The summed E-state index contributed by atoms with van der Waals surface area (Å²) in [5, 5.41) is 8.85. The predicted octanol–water partition coefficient (Wildman–Crippen LogP) is 3.40. The Morgan fingerprint density at radius 1 is 1.56 bits per heavy atom. The summed E-state index contributed by atoms with van der Waals surface area (Å²) in [4.78, 5) is 10.8. The molecule has 0 amide bonds. The van der Waals surface area contributed by atoms with E-state index in [0.717, 1.165) is 17.3 Å². The molecule has 1 aliphatic carbocycles. The van der Waals surface area contributed by atoms with Crippen LogP contribution in [0, 0.1) is 12.7 Å². The van der Waals surface area contributed by atoms with Crippen LogP contribution in [0.15, 0.2) is 16.6 Å². The Balaban J connectivity index is 2.44. The number of benzene rings is 1. The third-order valence-corrected chi connectivity index (χ3v) is 3.59. The van der Waals surface area contributed by atoms with E-state index in [1.54, 1.807) is 19.1 Å². The lowest BCUT2D eigenvalue weighted by Gasteiger charge is -2.15. The highest BCUT2D eigenvalue weighted by Gasteiger charge is 2.47. The molecular weight excluding hydrogens is 275 g/mol. The molecule has 2 rings (SSSR count). The third-order valence-electron chi connectivity index (χ3n) is 3.13. The van der Waals surface area contributed by atoms with Crippen molar-refractivity contribution in [2.45, 2.75) is 31.6 Å². The van der Waals surface area contributed by atoms with Crippen LogP contribution in [-0.4, -0.2) is 11.1 Å². The topological polar surface area (TPSA) is 37.3 Å². The highest BCUT2D eigenvalue weighted by Crippen LogP contribution is 2.52. The van der Waals surface area contributed by atoms with Gasteiger partial charge in [0.25, 0.3) is 0 Å². The first-order valence-corrected chi connectivity index (χ1v) is 5.92. The molecule has 1 aromatic carbocycles. The molecule has 86 valence electrons. The number of hydrogen-bond donors (Lipinski definition) is 1. The Labute approximate surface area is 102 Å². The molecule has 1 aromatic rings. The molecule has 0 saturated heterocycles. The first-order valence-electron chi connectivity index (χ1n) is 5.12. The number of carboxylic acid groups (broad SMARTS) is 1. The number of aryl methyl sites for hydroxylation is 1. The average Bonchev–Trinajstić information content (AvgIpc) is 2.91. The van der Waals surface area contributed by atoms with Crippen LogP contribution in [0.4, 0.5) is 4.39 Å². The Bertz CT molecular complexity index is 453. The molecule has 1 fully saturated rings. The molecule has 4 heteroatoms. The minimum atomic E-state index is -0.866. The van der Waals surface area contributed by atoms with Crippen molar-refractivity contribution >= 4 is 21.9 Å². The number of carboxylic acids is 1. The molecule has 0 aliphatic heterocycles. The van der Waals surface area contributed by atoms with E-state index in [9.17, 15) is 9.18 Å². The number of rotatable bonds is 3. The van der Waals surface area contributed by atoms with E-state index in [1.807, 2.05) is 0 Å². The third kappa shape index (κ3) is 1.98. The van der Waals surface area contributed by atoms with Crippen LogP contribution in [-0.2, 0) is 10.2 Å². The van der Waals surface area contributed by atoms with Crippen molar-refractivity contribution in [2.24, 2.45) is 0 Å². The highest BCUT2D eigenvalue weighted by atomic mass is 79.9. The molecule has 0 bridgehead atoms. The summed E-state index contributed by atoms with van der Waals surface area (Å²) < 4.78 is 14.8. The number of carbonyl (C=O) groups is 1. The van der Waals surface area contributed by atoms with E-state index in [0.29, 0.717) is 11.1 Å². The van der Waals surface area contributed by atoms with E-state index in [1.165, 1.54) is 0 Å². The molecule has 16 heavy (non-hydrogen) atoms. The summed E-state index contributed by atoms with van der Waals surface area (Å²) in [5.41, 5.74) is 0.632. The second-order valence-corrected chi connectivity index (χ2v) is 5.35. The second kappa shape index (κ2) is 3.84. The minimum absolute atomic E-state index is 0.0137. The van der Waals surface area contributed by atoms with Crippen molar-refractivity contribution in [3.63, 3.8) is 0 Å². The van der Waals surface area contributed by atoms with Gasteiger partial charge in [0.2, 0.25) is 0 Å². The van der Waals surface area contributed by atoms with Crippen LogP contribution in [0.5, 0.6) is 0 Å². The maximum absolute atomic E-state index is 14.0. The first-order chi connectivity index (χ1) is 7.44. The van der Waals surface area contributed by atoms with E-state index >= 15 is 0 Å². The quantitative estimate of drug-likeness (QED) is 0.925. The van der Waals surface area contributed by atoms with Crippen LogP contribution in [0.25, 0.3) is 0 Å². The van der Waals surface area contributed by atoms with Gasteiger partial charge in [0.05, 0.1) is 6.42 Å². The van der Waals surface area contributed by atoms with Crippen molar-refractivity contribution in [2.75, 3.05) is 0 Å². The summed E-state index contributed by atoms with van der Waals surface area (Å²) in [5.74, 6) is -1.13. The van der Waals surface area contributed by atoms with Crippen LogP contribution < -0.4 is 0 Å². The number of hydrogen-bond acceptors (Lipinski definition) is 1. The van der Waals surface area contributed by atoms with Gasteiger partial charge in [0.15, 0.2) is 0 Å². The fourth-order valence-electron chi connectivity index (χ4n) is 2.09. The van der Waals surface area contributed by atoms with Gasteiger partial charge in [0.1, 0.15) is 5.82 Å².